The number of nitrogens with one attached hydrogen (secondary N) is 1. The van der Waals surface area contributed by atoms with Crippen LogP contribution in [-0.4, -0.2) is 53.9 Å². The Morgan fingerprint density at radius 1 is 1.38 bits per heavy atom. The van der Waals surface area contributed by atoms with Crippen LogP contribution in [0.1, 0.15) is 28.8 Å². The highest BCUT2D eigenvalue weighted by atomic mass is 16.5. The number of carbonyl (C=O) groups is 1. The van der Waals surface area contributed by atoms with Crippen molar-refractivity contribution < 1.29 is 9.53 Å². The molecule has 2 aromatic rings. The van der Waals surface area contributed by atoms with Gasteiger partial charge in [-0.05, 0) is 37.6 Å². The third-order valence-electron chi connectivity index (χ3n) is 4.50. The van der Waals surface area contributed by atoms with Crippen LogP contribution < -0.4 is 10.1 Å². The van der Waals surface area contributed by atoms with Crippen molar-refractivity contribution >= 4 is 5.91 Å². The zero-order chi connectivity index (χ0) is 16.9. The first kappa shape index (κ1) is 16.5. The summed E-state index contributed by atoms with van der Waals surface area (Å²) in [6.45, 7) is 2.22. The molecule has 128 valence electrons. The van der Waals surface area contributed by atoms with Crippen LogP contribution >= 0.6 is 0 Å². The van der Waals surface area contributed by atoms with E-state index in [0.717, 1.165) is 37.2 Å². The molecular formula is C18H24N4O2. The Morgan fingerprint density at radius 2 is 2.17 bits per heavy atom. The molecule has 1 atom stereocenters. The maximum Gasteiger partial charge on any atom is 0.257 e. The summed E-state index contributed by atoms with van der Waals surface area (Å²) in [6.07, 6.45) is 5.65. The monoisotopic (exact) mass is 328 g/mol. The molecule has 0 aliphatic carbocycles. The Balaban J connectivity index is 1.64. The zero-order valence-corrected chi connectivity index (χ0v) is 14.2. The predicted molar refractivity (Wildman–Crippen MR) is 92.3 cm³/mol. The lowest BCUT2D eigenvalue weighted by atomic mass is 10.1. The van der Waals surface area contributed by atoms with Crippen LogP contribution in [0.3, 0.4) is 0 Å². The first-order valence-corrected chi connectivity index (χ1v) is 8.31. The van der Waals surface area contributed by atoms with Gasteiger partial charge in [0.15, 0.2) is 0 Å². The van der Waals surface area contributed by atoms with Crippen LogP contribution in [-0.2, 0) is 6.54 Å². The fourth-order valence-corrected chi connectivity index (χ4v) is 3.06. The highest BCUT2D eigenvalue weighted by Crippen LogP contribution is 2.15. The third kappa shape index (κ3) is 3.76. The Bertz CT molecular complexity index is 681. The van der Waals surface area contributed by atoms with Crippen molar-refractivity contribution in [2.45, 2.75) is 25.4 Å². The van der Waals surface area contributed by atoms with Gasteiger partial charge in [-0.15, -0.1) is 0 Å². The number of methoxy groups -OCH3 is 1. The molecule has 1 aliphatic rings. The lowest BCUT2D eigenvalue weighted by Gasteiger charge is -2.32. The maximum atomic E-state index is 12.6. The number of aromatic nitrogens is 2. The molecule has 1 fully saturated rings. The van der Waals surface area contributed by atoms with E-state index in [1.54, 1.807) is 18.0 Å². The summed E-state index contributed by atoms with van der Waals surface area (Å²) < 4.78 is 6.96. The van der Waals surface area contributed by atoms with Crippen LogP contribution in [0.25, 0.3) is 0 Å². The van der Waals surface area contributed by atoms with Gasteiger partial charge in [0.25, 0.3) is 5.91 Å². The number of likely N-dealkylation sites (tertiary alicyclic amines) is 1. The third-order valence-corrected chi connectivity index (χ3v) is 4.50. The van der Waals surface area contributed by atoms with Crippen LogP contribution in [0, 0.1) is 0 Å². The number of amides is 1. The second-order valence-corrected chi connectivity index (χ2v) is 6.15. The fourth-order valence-electron chi connectivity index (χ4n) is 3.06. The van der Waals surface area contributed by atoms with E-state index in [-0.39, 0.29) is 5.91 Å². The molecule has 2 heterocycles. The Morgan fingerprint density at radius 3 is 2.88 bits per heavy atom. The van der Waals surface area contributed by atoms with Gasteiger partial charge in [0.1, 0.15) is 5.75 Å². The zero-order valence-electron chi connectivity index (χ0n) is 14.2. The predicted octanol–water partition coefficient (Wildman–Crippen LogP) is 1.76. The van der Waals surface area contributed by atoms with E-state index in [1.807, 2.05) is 42.4 Å². The molecule has 1 N–H and O–H groups in total. The molecule has 1 aliphatic heterocycles. The molecule has 6 heteroatoms. The standard InChI is InChI=1S/C18H24N4O2/c1-19-16-4-3-9-21(13-16)18(23)15-10-20-22(12-15)11-14-5-7-17(24-2)8-6-14/h5-8,10,12,16,19H,3-4,9,11,13H2,1-2H3. The Kier molecular flexibility index (Phi) is 5.15. The van der Waals surface area contributed by atoms with E-state index in [1.165, 1.54) is 0 Å². The largest absolute Gasteiger partial charge is 0.497 e. The average molecular weight is 328 g/mol. The summed E-state index contributed by atoms with van der Waals surface area (Å²) >= 11 is 0. The molecular weight excluding hydrogens is 304 g/mol. The van der Waals surface area contributed by atoms with Gasteiger partial charge in [-0.25, -0.2) is 0 Å². The van der Waals surface area contributed by atoms with Crippen molar-refractivity contribution in [1.82, 2.24) is 20.0 Å². The summed E-state index contributed by atoms with van der Waals surface area (Å²) in [5.74, 6) is 0.898. The van der Waals surface area contributed by atoms with Gasteiger partial charge < -0.3 is 15.0 Å². The average Bonchev–Trinajstić information content (AvgIpc) is 3.10. The summed E-state index contributed by atoms with van der Waals surface area (Å²) in [5.41, 5.74) is 1.77. The van der Waals surface area contributed by atoms with E-state index in [4.69, 9.17) is 4.74 Å². The summed E-state index contributed by atoms with van der Waals surface area (Å²) in [4.78, 5) is 14.6. The van der Waals surface area contributed by atoms with Crippen molar-refractivity contribution in [3.63, 3.8) is 0 Å². The van der Waals surface area contributed by atoms with Crippen LogP contribution in [0.15, 0.2) is 36.7 Å². The molecule has 0 saturated carbocycles. The van der Waals surface area contributed by atoms with Crippen molar-refractivity contribution in [1.29, 1.82) is 0 Å². The van der Waals surface area contributed by atoms with Crippen molar-refractivity contribution in [3.8, 4) is 5.75 Å². The first-order valence-electron chi connectivity index (χ1n) is 8.31. The van der Waals surface area contributed by atoms with Gasteiger partial charge in [0.2, 0.25) is 0 Å². The molecule has 1 saturated heterocycles. The topological polar surface area (TPSA) is 59.4 Å². The first-order chi connectivity index (χ1) is 11.7. The van der Waals surface area contributed by atoms with E-state index in [0.29, 0.717) is 18.2 Å². The molecule has 1 aromatic heterocycles. The number of ether oxygens (including phenoxy) is 1. The minimum absolute atomic E-state index is 0.0657. The number of benzene rings is 1. The van der Waals surface area contributed by atoms with Gasteiger partial charge in [-0.3, -0.25) is 9.48 Å². The molecule has 6 nitrogen and oxygen atoms in total. The van der Waals surface area contributed by atoms with E-state index < -0.39 is 0 Å². The number of rotatable bonds is 5. The van der Waals surface area contributed by atoms with Crippen molar-refractivity contribution in [3.05, 3.63) is 47.8 Å². The molecule has 1 unspecified atom stereocenters. The summed E-state index contributed by atoms with van der Waals surface area (Å²) in [6, 6.07) is 8.25. The fraction of sp³-hybridized carbons (Fsp3) is 0.444. The van der Waals surface area contributed by atoms with Gasteiger partial charge in [0.05, 0.1) is 25.4 Å². The number of hydrogen-bond acceptors (Lipinski definition) is 4. The quantitative estimate of drug-likeness (QED) is 0.909. The number of likely N-dealkylation sites (N-methyl/N-ethyl adjacent to an activating group) is 1. The number of nitrogens with zero attached hydrogens (tertiary/aromatic N) is 3. The highest BCUT2D eigenvalue weighted by Gasteiger charge is 2.24. The minimum Gasteiger partial charge on any atom is -0.497 e. The van der Waals surface area contributed by atoms with Gasteiger partial charge >= 0.3 is 0 Å². The molecule has 1 aromatic carbocycles. The van der Waals surface area contributed by atoms with E-state index in [9.17, 15) is 4.79 Å². The molecule has 1 amide bonds. The lowest BCUT2D eigenvalue weighted by Crippen LogP contribution is -2.46. The number of piperidine rings is 1. The molecule has 0 bridgehead atoms. The number of carbonyl (C=O) groups excluding carboxylic acids is 1. The van der Waals surface area contributed by atoms with E-state index >= 15 is 0 Å². The smallest absolute Gasteiger partial charge is 0.257 e. The second-order valence-electron chi connectivity index (χ2n) is 6.15. The SMILES string of the molecule is CNC1CCCN(C(=O)c2cnn(Cc3ccc(OC)cc3)c2)C1. The van der Waals surface area contributed by atoms with Gasteiger partial charge in [-0.2, -0.15) is 5.10 Å². The van der Waals surface area contributed by atoms with Crippen LogP contribution in [0.5, 0.6) is 5.75 Å². The highest BCUT2D eigenvalue weighted by molar-refractivity contribution is 5.93. The maximum absolute atomic E-state index is 12.6. The summed E-state index contributed by atoms with van der Waals surface area (Å²) in [7, 11) is 3.60. The van der Waals surface area contributed by atoms with Gasteiger partial charge in [-0.1, -0.05) is 12.1 Å². The Hall–Kier alpha value is -2.34. The molecule has 0 spiro atoms. The Labute approximate surface area is 142 Å². The summed E-state index contributed by atoms with van der Waals surface area (Å²) in [5, 5.41) is 7.59. The van der Waals surface area contributed by atoms with Crippen molar-refractivity contribution in [2.24, 2.45) is 0 Å². The molecule has 0 radical (unpaired) electrons. The lowest BCUT2D eigenvalue weighted by molar-refractivity contribution is 0.0698. The number of hydrogen-bond donors (Lipinski definition) is 1. The van der Waals surface area contributed by atoms with Crippen LogP contribution in [0.4, 0.5) is 0 Å². The molecule has 24 heavy (non-hydrogen) atoms. The van der Waals surface area contributed by atoms with Gasteiger partial charge in [0, 0.05) is 25.3 Å². The van der Waals surface area contributed by atoms with E-state index in [2.05, 4.69) is 10.4 Å². The molecule has 3 rings (SSSR count). The van der Waals surface area contributed by atoms with Crippen molar-refractivity contribution in [2.75, 3.05) is 27.2 Å². The second kappa shape index (κ2) is 7.49. The normalized spacial score (nSPS) is 17.8. The minimum atomic E-state index is 0.0657. The van der Waals surface area contributed by atoms with Crippen LogP contribution in [0.2, 0.25) is 0 Å².